The van der Waals surface area contributed by atoms with Crippen molar-refractivity contribution in [1.29, 1.82) is 0 Å². The van der Waals surface area contributed by atoms with Crippen molar-refractivity contribution in [2.45, 2.75) is 44.2 Å². The number of urea groups is 1. The lowest BCUT2D eigenvalue weighted by Gasteiger charge is -2.23. The topological polar surface area (TPSA) is 109 Å². The standard InChI is InChI=1S/C23H24N6O3S/c1-14(29-20(31)23(27-22(29)32)10-6-7-11-23)19(30)26-21-25-16(15-8-4-3-5-9-15)17(33-21)18-24-12-13-28(18)2/h3-5,8-9,12-14H,6-7,10-11H2,1-2H3,(H,27,32)(H,25,26,30). The number of hydrogen-bond acceptors (Lipinski definition) is 6. The molecule has 1 saturated heterocycles. The Labute approximate surface area is 194 Å². The molecule has 2 aromatic heterocycles. The maximum Gasteiger partial charge on any atom is 0.325 e. The molecule has 4 amide bonds. The van der Waals surface area contributed by atoms with Crippen molar-refractivity contribution in [3.63, 3.8) is 0 Å². The van der Waals surface area contributed by atoms with Crippen LogP contribution in [0.15, 0.2) is 42.7 Å². The van der Waals surface area contributed by atoms with E-state index >= 15 is 0 Å². The summed E-state index contributed by atoms with van der Waals surface area (Å²) in [5, 5.41) is 6.01. The average Bonchev–Trinajstić information content (AvgIpc) is 3.57. The van der Waals surface area contributed by atoms with Gasteiger partial charge in [0.1, 0.15) is 11.6 Å². The van der Waals surface area contributed by atoms with Crippen molar-refractivity contribution in [3.8, 4) is 22.0 Å². The number of hydrogen-bond donors (Lipinski definition) is 2. The molecule has 9 nitrogen and oxygen atoms in total. The second kappa shape index (κ2) is 8.11. The molecule has 3 aromatic rings. The van der Waals surface area contributed by atoms with Gasteiger partial charge in [-0.1, -0.05) is 54.5 Å². The smallest absolute Gasteiger partial charge is 0.325 e. The summed E-state index contributed by atoms with van der Waals surface area (Å²) in [5.74, 6) is -0.0454. The molecular formula is C23H24N6O3S. The second-order valence-corrected chi connectivity index (χ2v) is 9.48. The van der Waals surface area contributed by atoms with Gasteiger partial charge in [-0.2, -0.15) is 0 Å². The second-order valence-electron chi connectivity index (χ2n) is 8.48. The van der Waals surface area contributed by atoms with Crippen molar-refractivity contribution in [1.82, 2.24) is 24.8 Å². The number of carbonyl (C=O) groups excluding carboxylic acids is 3. The van der Waals surface area contributed by atoms with E-state index in [2.05, 4.69) is 20.6 Å². The van der Waals surface area contributed by atoms with Crippen LogP contribution in [0.4, 0.5) is 9.93 Å². The number of aromatic nitrogens is 3. The lowest BCUT2D eigenvalue weighted by molar-refractivity contribution is -0.136. The molecule has 1 aromatic carbocycles. The van der Waals surface area contributed by atoms with E-state index in [0.717, 1.165) is 34.0 Å². The Morgan fingerprint density at radius 2 is 1.94 bits per heavy atom. The van der Waals surface area contributed by atoms with Crippen molar-refractivity contribution < 1.29 is 14.4 Å². The highest BCUT2D eigenvalue weighted by molar-refractivity contribution is 7.19. The molecule has 2 fully saturated rings. The van der Waals surface area contributed by atoms with E-state index in [4.69, 9.17) is 0 Å². The van der Waals surface area contributed by atoms with Crippen molar-refractivity contribution >= 4 is 34.3 Å². The number of rotatable bonds is 5. The lowest BCUT2D eigenvalue weighted by atomic mass is 9.97. The fraction of sp³-hybridized carbons (Fsp3) is 0.348. The van der Waals surface area contributed by atoms with E-state index in [0.29, 0.717) is 23.7 Å². The number of nitrogens with zero attached hydrogens (tertiary/aromatic N) is 4. The summed E-state index contributed by atoms with van der Waals surface area (Å²) in [6, 6.07) is 8.20. The Balaban J connectivity index is 1.42. The highest BCUT2D eigenvalue weighted by Gasteiger charge is 2.54. The largest absolute Gasteiger partial charge is 0.333 e. The quantitative estimate of drug-likeness (QED) is 0.563. The number of anilines is 1. The van der Waals surface area contributed by atoms with Crippen molar-refractivity contribution in [2.24, 2.45) is 7.05 Å². The van der Waals surface area contributed by atoms with E-state index in [9.17, 15) is 14.4 Å². The molecule has 3 heterocycles. The average molecular weight is 465 g/mol. The first-order chi connectivity index (χ1) is 15.9. The Morgan fingerprint density at radius 3 is 2.61 bits per heavy atom. The number of carbonyl (C=O) groups is 3. The van der Waals surface area contributed by atoms with Crippen LogP contribution in [0.2, 0.25) is 0 Å². The molecule has 2 N–H and O–H groups in total. The van der Waals surface area contributed by atoms with Crippen LogP contribution in [0.5, 0.6) is 0 Å². The van der Waals surface area contributed by atoms with Crippen LogP contribution in [0.1, 0.15) is 32.6 Å². The summed E-state index contributed by atoms with van der Waals surface area (Å²) in [6.45, 7) is 1.56. The first kappa shape index (κ1) is 21.3. The molecule has 2 aliphatic rings. The number of imide groups is 1. The molecule has 0 bridgehead atoms. The minimum Gasteiger partial charge on any atom is -0.333 e. The lowest BCUT2D eigenvalue weighted by Crippen LogP contribution is -2.48. The summed E-state index contributed by atoms with van der Waals surface area (Å²) in [6.07, 6.45) is 6.56. The van der Waals surface area contributed by atoms with Gasteiger partial charge in [0, 0.05) is 25.0 Å². The van der Waals surface area contributed by atoms with Crippen LogP contribution in [-0.4, -0.2) is 48.9 Å². The van der Waals surface area contributed by atoms with Crippen LogP contribution in [-0.2, 0) is 16.6 Å². The van der Waals surface area contributed by atoms with E-state index in [1.807, 2.05) is 48.1 Å². The maximum absolute atomic E-state index is 13.1. The first-order valence-corrected chi connectivity index (χ1v) is 11.7. The van der Waals surface area contributed by atoms with Gasteiger partial charge in [-0.3, -0.25) is 9.59 Å². The summed E-state index contributed by atoms with van der Waals surface area (Å²) in [5.41, 5.74) is 0.758. The fourth-order valence-electron chi connectivity index (χ4n) is 4.54. The summed E-state index contributed by atoms with van der Waals surface area (Å²) in [4.78, 5) is 49.6. The van der Waals surface area contributed by atoms with Crippen molar-refractivity contribution in [3.05, 3.63) is 42.7 Å². The van der Waals surface area contributed by atoms with Crippen LogP contribution >= 0.6 is 11.3 Å². The van der Waals surface area contributed by atoms with E-state index in [-0.39, 0.29) is 5.91 Å². The molecule has 1 saturated carbocycles. The molecule has 1 aliphatic heterocycles. The van der Waals surface area contributed by atoms with Gasteiger partial charge >= 0.3 is 6.03 Å². The summed E-state index contributed by atoms with van der Waals surface area (Å²) in [7, 11) is 1.90. The number of aryl methyl sites for hydroxylation is 1. The summed E-state index contributed by atoms with van der Waals surface area (Å²) < 4.78 is 1.89. The first-order valence-electron chi connectivity index (χ1n) is 10.9. The molecule has 170 valence electrons. The van der Waals surface area contributed by atoms with Crippen molar-refractivity contribution in [2.75, 3.05) is 5.32 Å². The molecule has 0 radical (unpaired) electrons. The van der Waals surface area contributed by atoms with Gasteiger partial charge in [0.05, 0.1) is 10.6 Å². The van der Waals surface area contributed by atoms with Crippen LogP contribution in [0, 0.1) is 0 Å². The Bertz CT molecular complexity index is 1230. The highest BCUT2D eigenvalue weighted by atomic mass is 32.1. The van der Waals surface area contributed by atoms with Gasteiger partial charge < -0.3 is 15.2 Å². The molecule has 33 heavy (non-hydrogen) atoms. The molecule has 5 rings (SSSR count). The van der Waals surface area contributed by atoms with Gasteiger partial charge in [0.2, 0.25) is 5.91 Å². The number of amides is 4. The predicted molar refractivity (Wildman–Crippen MR) is 124 cm³/mol. The van der Waals surface area contributed by atoms with Crippen LogP contribution in [0.3, 0.4) is 0 Å². The minimum atomic E-state index is -0.960. The third kappa shape index (κ3) is 3.60. The fourth-order valence-corrected chi connectivity index (χ4v) is 5.57. The Morgan fingerprint density at radius 1 is 1.21 bits per heavy atom. The Hall–Kier alpha value is -3.53. The van der Waals surface area contributed by atoms with E-state index in [1.165, 1.54) is 11.3 Å². The number of thiazole rings is 1. The monoisotopic (exact) mass is 464 g/mol. The normalized spacial score (nSPS) is 18.1. The zero-order chi connectivity index (χ0) is 23.2. The zero-order valence-corrected chi connectivity index (χ0v) is 19.2. The molecule has 1 unspecified atom stereocenters. The predicted octanol–water partition coefficient (Wildman–Crippen LogP) is 3.40. The van der Waals surface area contributed by atoms with Gasteiger partial charge in [-0.25, -0.2) is 19.7 Å². The number of benzene rings is 1. The third-order valence-electron chi connectivity index (χ3n) is 6.35. The molecule has 1 spiro atoms. The van der Waals surface area contributed by atoms with Gasteiger partial charge in [-0.05, 0) is 19.8 Å². The SMILES string of the molecule is CC(C(=O)Nc1nc(-c2ccccc2)c(-c2nccn2C)s1)N1C(=O)NC2(CCCC2)C1=O. The Kier molecular flexibility index (Phi) is 5.24. The van der Waals surface area contributed by atoms with Gasteiger partial charge in [0.25, 0.3) is 5.91 Å². The summed E-state index contributed by atoms with van der Waals surface area (Å²) >= 11 is 1.30. The zero-order valence-electron chi connectivity index (χ0n) is 18.4. The number of imidazole rings is 1. The maximum atomic E-state index is 13.1. The van der Waals surface area contributed by atoms with E-state index < -0.39 is 23.5 Å². The van der Waals surface area contributed by atoms with E-state index in [1.54, 1.807) is 13.1 Å². The third-order valence-corrected chi connectivity index (χ3v) is 7.31. The van der Waals surface area contributed by atoms with Gasteiger partial charge in [0.15, 0.2) is 11.0 Å². The highest BCUT2D eigenvalue weighted by Crippen LogP contribution is 2.39. The van der Waals surface area contributed by atoms with Gasteiger partial charge in [-0.15, -0.1) is 0 Å². The molecule has 1 atom stereocenters. The minimum absolute atomic E-state index is 0.314. The molecular weight excluding hydrogens is 440 g/mol. The van der Waals surface area contributed by atoms with Crippen LogP contribution < -0.4 is 10.6 Å². The molecule has 1 aliphatic carbocycles. The molecule has 10 heteroatoms. The number of nitrogens with one attached hydrogen (secondary N) is 2. The van der Waals surface area contributed by atoms with Crippen LogP contribution in [0.25, 0.3) is 22.0 Å².